The van der Waals surface area contributed by atoms with Crippen molar-refractivity contribution in [2.75, 3.05) is 6.54 Å². The van der Waals surface area contributed by atoms with Gasteiger partial charge >= 0.3 is 0 Å². The van der Waals surface area contributed by atoms with Crippen molar-refractivity contribution in [3.05, 3.63) is 29.8 Å². The van der Waals surface area contributed by atoms with E-state index >= 15 is 0 Å². The molecule has 106 valence electrons. The van der Waals surface area contributed by atoms with Gasteiger partial charge in [0, 0.05) is 6.54 Å². The second kappa shape index (κ2) is 7.11. The second-order valence-corrected chi connectivity index (χ2v) is 5.03. The number of aliphatic hydroxyl groups is 1. The van der Waals surface area contributed by atoms with E-state index in [1.165, 1.54) is 0 Å². The molecule has 0 bridgehead atoms. The smallest absolute Gasteiger partial charge is 0.237 e. The highest BCUT2D eigenvalue weighted by Crippen LogP contribution is 2.10. The molecule has 0 saturated carbocycles. The topological polar surface area (TPSA) is 95.6 Å². The van der Waals surface area contributed by atoms with Gasteiger partial charge in [-0.05, 0) is 30.0 Å². The van der Waals surface area contributed by atoms with Gasteiger partial charge in [-0.25, -0.2) is 0 Å². The van der Waals surface area contributed by atoms with Crippen LogP contribution in [0.15, 0.2) is 24.3 Å². The summed E-state index contributed by atoms with van der Waals surface area (Å²) < 4.78 is 0. The molecule has 0 saturated heterocycles. The van der Waals surface area contributed by atoms with Crippen molar-refractivity contribution in [1.29, 1.82) is 0 Å². The van der Waals surface area contributed by atoms with Crippen molar-refractivity contribution in [2.45, 2.75) is 32.4 Å². The lowest BCUT2D eigenvalue weighted by Gasteiger charge is -2.17. The maximum atomic E-state index is 11.7. The van der Waals surface area contributed by atoms with Gasteiger partial charge in [0.15, 0.2) is 0 Å². The summed E-state index contributed by atoms with van der Waals surface area (Å²) in [6, 6.07) is 5.91. The Morgan fingerprint density at radius 3 is 2.42 bits per heavy atom. The predicted molar refractivity (Wildman–Crippen MR) is 73.6 cm³/mol. The molecule has 1 unspecified atom stereocenters. The number of benzene rings is 1. The summed E-state index contributed by atoms with van der Waals surface area (Å²) in [7, 11) is 0. The number of rotatable bonds is 6. The van der Waals surface area contributed by atoms with Crippen molar-refractivity contribution in [3.63, 3.8) is 0 Å². The molecular formula is C14H22N2O3. The first-order chi connectivity index (χ1) is 8.90. The minimum Gasteiger partial charge on any atom is -0.508 e. The van der Waals surface area contributed by atoms with Crippen molar-refractivity contribution in [1.82, 2.24) is 5.32 Å². The van der Waals surface area contributed by atoms with Crippen LogP contribution in [0.3, 0.4) is 0 Å². The van der Waals surface area contributed by atoms with Crippen molar-refractivity contribution < 1.29 is 15.0 Å². The minimum absolute atomic E-state index is 0.0913. The molecule has 0 heterocycles. The molecule has 0 aliphatic rings. The standard InChI is InChI=1S/C14H22N2O3/c1-9(2)13(18)8-16-14(19)12(15)7-10-3-5-11(17)6-4-10/h3-6,9,12-13,17-18H,7-8,15H2,1-2H3,(H,16,19)/t12-,13?/m0/s1. The summed E-state index contributed by atoms with van der Waals surface area (Å²) in [4.78, 5) is 11.7. The molecule has 19 heavy (non-hydrogen) atoms. The fraction of sp³-hybridized carbons (Fsp3) is 0.500. The number of amides is 1. The Labute approximate surface area is 113 Å². The zero-order valence-electron chi connectivity index (χ0n) is 11.3. The summed E-state index contributed by atoms with van der Waals surface area (Å²) in [5.74, 6) is -0.0109. The number of carbonyl (C=O) groups excluding carboxylic acids is 1. The molecule has 0 fully saturated rings. The minimum atomic E-state index is -0.663. The van der Waals surface area contributed by atoms with Crippen LogP contribution < -0.4 is 11.1 Å². The van der Waals surface area contributed by atoms with Crippen molar-refractivity contribution in [2.24, 2.45) is 11.7 Å². The van der Waals surface area contributed by atoms with Crippen LogP contribution in [0.5, 0.6) is 5.75 Å². The number of phenols is 1. The molecule has 1 amide bonds. The van der Waals surface area contributed by atoms with Crippen molar-refractivity contribution in [3.8, 4) is 5.75 Å². The van der Waals surface area contributed by atoms with Crippen molar-refractivity contribution >= 4 is 5.91 Å². The molecular weight excluding hydrogens is 244 g/mol. The summed E-state index contributed by atoms with van der Waals surface area (Å²) in [6.45, 7) is 3.97. The fourth-order valence-corrected chi connectivity index (χ4v) is 1.55. The zero-order chi connectivity index (χ0) is 14.4. The van der Waals surface area contributed by atoms with Gasteiger partial charge in [-0.2, -0.15) is 0 Å². The lowest BCUT2D eigenvalue weighted by molar-refractivity contribution is -0.122. The zero-order valence-corrected chi connectivity index (χ0v) is 11.3. The SMILES string of the molecule is CC(C)C(O)CNC(=O)[C@@H](N)Cc1ccc(O)cc1. The quantitative estimate of drug-likeness (QED) is 0.599. The first-order valence-corrected chi connectivity index (χ1v) is 6.39. The molecule has 5 nitrogen and oxygen atoms in total. The fourth-order valence-electron chi connectivity index (χ4n) is 1.55. The van der Waals surface area contributed by atoms with E-state index in [1.54, 1.807) is 24.3 Å². The average molecular weight is 266 g/mol. The molecule has 0 radical (unpaired) electrons. The number of nitrogens with two attached hydrogens (primary N) is 1. The Hall–Kier alpha value is -1.59. The van der Waals surface area contributed by atoms with Gasteiger partial charge in [0.05, 0.1) is 12.1 Å². The van der Waals surface area contributed by atoms with E-state index in [-0.39, 0.29) is 24.1 Å². The number of carbonyl (C=O) groups is 1. The Balaban J connectivity index is 2.42. The highest BCUT2D eigenvalue weighted by atomic mass is 16.3. The monoisotopic (exact) mass is 266 g/mol. The lowest BCUT2D eigenvalue weighted by atomic mass is 10.0. The van der Waals surface area contributed by atoms with Crippen LogP contribution in [-0.4, -0.2) is 34.8 Å². The van der Waals surface area contributed by atoms with Gasteiger partial charge in [-0.3, -0.25) is 4.79 Å². The number of hydrogen-bond donors (Lipinski definition) is 4. The number of nitrogens with one attached hydrogen (secondary N) is 1. The summed E-state index contributed by atoms with van der Waals surface area (Å²) in [5, 5.41) is 21.4. The third kappa shape index (κ3) is 5.28. The number of phenolic OH excluding ortho intramolecular Hbond substituents is 1. The lowest BCUT2D eigenvalue weighted by Crippen LogP contribution is -2.45. The van der Waals surface area contributed by atoms with Gasteiger partial charge in [0.1, 0.15) is 5.75 Å². The van der Waals surface area contributed by atoms with Crippen LogP contribution in [0.4, 0.5) is 0 Å². The van der Waals surface area contributed by atoms with E-state index in [0.29, 0.717) is 6.42 Å². The molecule has 1 aromatic rings. The van der Waals surface area contributed by atoms with E-state index in [2.05, 4.69) is 5.32 Å². The summed E-state index contributed by atoms with van der Waals surface area (Å²) in [5.41, 5.74) is 6.67. The van der Waals surface area contributed by atoms with E-state index in [4.69, 9.17) is 10.8 Å². The van der Waals surface area contributed by atoms with Crippen LogP contribution in [0.2, 0.25) is 0 Å². The molecule has 0 aliphatic heterocycles. The maximum Gasteiger partial charge on any atom is 0.237 e. The van der Waals surface area contributed by atoms with E-state index in [9.17, 15) is 9.90 Å². The van der Waals surface area contributed by atoms with Crippen LogP contribution in [0.25, 0.3) is 0 Å². The Bertz CT molecular complexity index is 404. The molecule has 0 aromatic heterocycles. The molecule has 1 rings (SSSR count). The third-order valence-electron chi connectivity index (χ3n) is 2.98. The van der Waals surface area contributed by atoms with Crippen LogP contribution >= 0.6 is 0 Å². The Morgan fingerprint density at radius 1 is 1.32 bits per heavy atom. The number of hydrogen-bond acceptors (Lipinski definition) is 4. The molecule has 2 atom stereocenters. The highest BCUT2D eigenvalue weighted by molar-refractivity contribution is 5.81. The van der Waals surface area contributed by atoms with E-state index in [1.807, 2.05) is 13.8 Å². The molecule has 1 aromatic carbocycles. The van der Waals surface area contributed by atoms with Crippen LogP contribution in [-0.2, 0) is 11.2 Å². The molecule has 5 heteroatoms. The number of aromatic hydroxyl groups is 1. The Kier molecular flexibility index (Phi) is 5.79. The second-order valence-electron chi connectivity index (χ2n) is 5.03. The molecule has 5 N–H and O–H groups in total. The largest absolute Gasteiger partial charge is 0.508 e. The summed E-state index contributed by atoms with van der Waals surface area (Å²) in [6.07, 6.45) is -0.172. The number of aliphatic hydroxyl groups excluding tert-OH is 1. The van der Waals surface area contributed by atoms with Crippen LogP contribution in [0.1, 0.15) is 19.4 Å². The maximum absolute atomic E-state index is 11.7. The van der Waals surface area contributed by atoms with Gasteiger partial charge in [0.25, 0.3) is 0 Å². The first-order valence-electron chi connectivity index (χ1n) is 6.39. The Morgan fingerprint density at radius 2 is 1.89 bits per heavy atom. The van der Waals surface area contributed by atoms with E-state index in [0.717, 1.165) is 5.56 Å². The summed E-state index contributed by atoms with van der Waals surface area (Å²) >= 11 is 0. The predicted octanol–water partition coefficient (Wildman–Crippen LogP) is 0.395. The van der Waals surface area contributed by atoms with Crippen LogP contribution in [0, 0.1) is 5.92 Å². The van der Waals surface area contributed by atoms with Gasteiger partial charge in [-0.1, -0.05) is 26.0 Å². The normalized spacial score (nSPS) is 14.2. The molecule has 0 spiro atoms. The third-order valence-corrected chi connectivity index (χ3v) is 2.98. The first kappa shape index (κ1) is 15.5. The average Bonchev–Trinajstić information content (AvgIpc) is 2.37. The highest BCUT2D eigenvalue weighted by Gasteiger charge is 2.16. The van der Waals surface area contributed by atoms with Gasteiger partial charge in [0.2, 0.25) is 5.91 Å². The molecule has 0 aliphatic carbocycles. The van der Waals surface area contributed by atoms with Gasteiger partial charge in [-0.15, -0.1) is 0 Å². The van der Waals surface area contributed by atoms with E-state index < -0.39 is 12.1 Å². The van der Waals surface area contributed by atoms with Gasteiger partial charge < -0.3 is 21.3 Å².